The van der Waals surface area contributed by atoms with Crippen molar-refractivity contribution >= 4 is 0 Å². The van der Waals surface area contributed by atoms with E-state index in [2.05, 4.69) is 15.1 Å². The van der Waals surface area contributed by atoms with Crippen molar-refractivity contribution in [3.63, 3.8) is 0 Å². The first-order valence-corrected chi connectivity index (χ1v) is 4.57. The van der Waals surface area contributed by atoms with E-state index in [1.54, 1.807) is 0 Å². The van der Waals surface area contributed by atoms with Gasteiger partial charge in [-0.1, -0.05) is 0 Å². The maximum absolute atomic E-state index is 5.79. The third-order valence-electron chi connectivity index (χ3n) is 2.40. The summed E-state index contributed by atoms with van der Waals surface area (Å²) in [6, 6.07) is 0.374. The van der Waals surface area contributed by atoms with Crippen LogP contribution in [0.15, 0.2) is 10.8 Å². The molecular formula is C8H14N4O. The van der Waals surface area contributed by atoms with Gasteiger partial charge < -0.3 is 10.2 Å². The molecule has 0 aromatic carbocycles. The number of rotatable bonds is 2. The third kappa shape index (κ3) is 2.26. The molecule has 0 bridgehead atoms. The number of nitrogens with zero attached hydrogens (tertiary/aromatic N) is 3. The minimum absolute atomic E-state index is 0.374. The minimum atomic E-state index is 0.374. The molecule has 1 aromatic heterocycles. The van der Waals surface area contributed by atoms with Gasteiger partial charge in [-0.2, -0.15) is 0 Å². The summed E-state index contributed by atoms with van der Waals surface area (Å²) < 4.78 is 5.07. The van der Waals surface area contributed by atoms with Gasteiger partial charge in [0.1, 0.15) is 0 Å². The van der Waals surface area contributed by atoms with Gasteiger partial charge in [0.25, 0.3) is 0 Å². The fraction of sp³-hybridized carbons (Fsp3) is 0.750. The summed E-state index contributed by atoms with van der Waals surface area (Å²) in [7, 11) is 0. The van der Waals surface area contributed by atoms with Crippen LogP contribution >= 0.6 is 0 Å². The molecule has 0 saturated carbocycles. The lowest BCUT2D eigenvalue weighted by Crippen LogP contribution is -2.39. The van der Waals surface area contributed by atoms with E-state index in [9.17, 15) is 0 Å². The molecule has 13 heavy (non-hydrogen) atoms. The number of hydrogen-bond acceptors (Lipinski definition) is 5. The van der Waals surface area contributed by atoms with Crippen LogP contribution in [0.1, 0.15) is 18.7 Å². The Morgan fingerprint density at radius 2 is 2.31 bits per heavy atom. The largest absolute Gasteiger partial charge is 0.427 e. The summed E-state index contributed by atoms with van der Waals surface area (Å²) in [5.74, 6) is 0.690. The van der Waals surface area contributed by atoms with Gasteiger partial charge in [0.05, 0.1) is 6.54 Å². The summed E-state index contributed by atoms with van der Waals surface area (Å²) in [6.07, 6.45) is 3.49. The molecule has 0 radical (unpaired) electrons. The van der Waals surface area contributed by atoms with Crippen molar-refractivity contribution in [3.8, 4) is 0 Å². The predicted molar refractivity (Wildman–Crippen MR) is 46.8 cm³/mol. The second kappa shape index (κ2) is 3.85. The van der Waals surface area contributed by atoms with Crippen LogP contribution in [0.4, 0.5) is 0 Å². The predicted octanol–water partition coefficient (Wildman–Crippen LogP) is -0.00730. The van der Waals surface area contributed by atoms with Gasteiger partial charge in [-0.3, -0.25) is 4.90 Å². The lowest BCUT2D eigenvalue weighted by Gasteiger charge is -2.28. The second-order valence-electron chi connectivity index (χ2n) is 3.45. The Labute approximate surface area is 76.9 Å². The van der Waals surface area contributed by atoms with Crippen molar-refractivity contribution in [3.05, 3.63) is 12.3 Å². The molecule has 1 aliphatic heterocycles. The fourth-order valence-corrected chi connectivity index (χ4v) is 1.57. The topological polar surface area (TPSA) is 68.2 Å². The lowest BCUT2D eigenvalue weighted by molar-refractivity contribution is 0.188. The number of piperidine rings is 1. The van der Waals surface area contributed by atoms with Crippen molar-refractivity contribution in [2.24, 2.45) is 5.73 Å². The molecule has 0 aliphatic carbocycles. The Kier molecular flexibility index (Phi) is 2.56. The SMILES string of the molecule is NC1CCN(Cc2nnco2)CC1. The Morgan fingerprint density at radius 3 is 2.92 bits per heavy atom. The van der Waals surface area contributed by atoms with Crippen LogP contribution in [-0.2, 0) is 6.54 Å². The molecule has 5 nitrogen and oxygen atoms in total. The summed E-state index contributed by atoms with van der Waals surface area (Å²) >= 11 is 0. The highest BCUT2D eigenvalue weighted by atomic mass is 16.4. The van der Waals surface area contributed by atoms with Crippen molar-refractivity contribution in [2.45, 2.75) is 25.4 Å². The molecule has 0 unspecified atom stereocenters. The average molecular weight is 182 g/mol. The van der Waals surface area contributed by atoms with E-state index >= 15 is 0 Å². The van der Waals surface area contributed by atoms with Crippen molar-refractivity contribution < 1.29 is 4.42 Å². The summed E-state index contributed by atoms with van der Waals surface area (Å²) in [4.78, 5) is 2.29. The van der Waals surface area contributed by atoms with E-state index in [1.165, 1.54) is 6.39 Å². The van der Waals surface area contributed by atoms with E-state index in [-0.39, 0.29) is 0 Å². The number of hydrogen-bond donors (Lipinski definition) is 1. The molecule has 72 valence electrons. The van der Waals surface area contributed by atoms with Crippen molar-refractivity contribution in [1.29, 1.82) is 0 Å². The van der Waals surface area contributed by atoms with Crippen LogP contribution in [0.2, 0.25) is 0 Å². The van der Waals surface area contributed by atoms with Crippen molar-refractivity contribution in [1.82, 2.24) is 15.1 Å². The minimum Gasteiger partial charge on any atom is -0.427 e. The molecule has 0 atom stereocenters. The monoisotopic (exact) mass is 182 g/mol. The van der Waals surface area contributed by atoms with Gasteiger partial charge in [-0.05, 0) is 12.8 Å². The highest BCUT2D eigenvalue weighted by Crippen LogP contribution is 2.10. The molecule has 1 fully saturated rings. The second-order valence-corrected chi connectivity index (χ2v) is 3.45. The Bertz CT molecular complexity index is 241. The quantitative estimate of drug-likeness (QED) is 0.696. The highest BCUT2D eigenvalue weighted by Gasteiger charge is 2.17. The summed E-state index contributed by atoms with van der Waals surface area (Å²) in [5.41, 5.74) is 5.79. The van der Waals surface area contributed by atoms with Gasteiger partial charge in [-0.25, -0.2) is 0 Å². The normalized spacial score (nSPS) is 20.7. The zero-order chi connectivity index (χ0) is 9.10. The van der Waals surface area contributed by atoms with E-state index in [0.29, 0.717) is 11.9 Å². The molecule has 1 saturated heterocycles. The van der Waals surface area contributed by atoms with Crippen LogP contribution in [0.5, 0.6) is 0 Å². The Balaban J connectivity index is 1.83. The highest BCUT2D eigenvalue weighted by molar-refractivity contribution is 4.79. The Morgan fingerprint density at radius 1 is 1.54 bits per heavy atom. The van der Waals surface area contributed by atoms with Crippen LogP contribution in [-0.4, -0.2) is 34.2 Å². The van der Waals surface area contributed by atoms with Gasteiger partial charge in [0.15, 0.2) is 0 Å². The van der Waals surface area contributed by atoms with Crippen LogP contribution < -0.4 is 5.73 Å². The first-order valence-electron chi connectivity index (χ1n) is 4.57. The van der Waals surface area contributed by atoms with E-state index in [1.807, 2.05) is 0 Å². The molecule has 2 rings (SSSR count). The first kappa shape index (κ1) is 8.65. The van der Waals surface area contributed by atoms with E-state index in [4.69, 9.17) is 10.2 Å². The molecular weight excluding hydrogens is 168 g/mol. The fourth-order valence-electron chi connectivity index (χ4n) is 1.57. The molecule has 1 aromatic rings. The van der Waals surface area contributed by atoms with E-state index in [0.717, 1.165) is 32.5 Å². The Hall–Kier alpha value is -0.940. The maximum Gasteiger partial charge on any atom is 0.230 e. The molecule has 2 heterocycles. The number of nitrogens with two attached hydrogens (primary N) is 1. The molecule has 1 aliphatic rings. The molecule has 5 heteroatoms. The zero-order valence-corrected chi connectivity index (χ0v) is 7.52. The first-order chi connectivity index (χ1) is 6.34. The van der Waals surface area contributed by atoms with Crippen LogP contribution in [0, 0.1) is 0 Å². The molecule has 0 spiro atoms. The smallest absolute Gasteiger partial charge is 0.230 e. The average Bonchev–Trinajstić information content (AvgIpc) is 2.62. The van der Waals surface area contributed by atoms with Crippen LogP contribution in [0.25, 0.3) is 0 Å². The van der Waals surface area contributed by atoms with E-state index < -0.39 is 0 Å². The molecule has 2 N–H and O–H groups in total. The molecule has 0 amide bonds. The number of likely N-dealkylation sites (tertiary alicyclic amines) is 1. The van der Waals surface area contributed by atoms with Gasteiger partial charge in [-0.15, -0.1) is 10.2 Å². The van der Waals surface area contributed by atoms with Gasteiger partial charge in [0.2, 0.25) is 12.3 Å². The summed E-state index contributed by atoms with van der Waals surface area (Å²) in [6.45, 7) is 2.82. The number of aromatic nitrogens is 2. The standard InChI is InChI=1S/C8H14N4O/c9-7-1-3-12(4-2-7)5-8-11-10-6-13-8/h6-7H,1-5,9H2. The van der Waals surface area contributed by atoms with Gasteiger partial charge in [0, 0.05) is 19.1 Å². The maximum atomic E-state index is 5.79. The van der Waals surface area contributed by atoms with Crippen molar-refractivity contribution in [2.75, 3.05) is 13.1 Å². The summed E-state index contributed by atoms with van der Waals surface area (Å²) in [5, 5.41) is 7.47. The third-order valence-corrected chi connectivity index (χ3v) is 2.40. The lowest BCUT2D eigenvalue weighted by atomic mass is 10.1. The van der Waals surface area contributed by atoms with Gasteiger partial charge >= 0.3 is 0 Å². The zero-order valence-electron chi connectivity index (χ0n) is 7.52. The van der Waals surface area contributed by atoms with Crippen LogP contribution in [0.3, 0.4) is 0 Å².